The summed E-state index contributed by atoms with van der Waals surface area (Å²) in [5.74, 6) is 0. The molecule has 1 aliphatic rings. The maximum absolute atomic E-state index is 4.16. The molecule has 1 fully saturated rings. The Morgan fingerprint density at radius 2 is 2.22 bits per heavy atom. The third-order valence-corrected chi connectivity index (χ3v) is 4.15. The molecule has 1 N–H and O–H groups in total. The summed E-state index contributed by atoms with van der Waals surface area (Å²) in [6, 6.07) is 11.2. The van der Waals surface area contributed by atoms with Gasteiger partial charge in [0.2, 0.25) is 0 Å². The van der Waals surface area contributed by atoms with Crippen LogP contribution in [0.5, 0.6) is 0 Å². The molecule has 0 bridgehead atoms. The molecule has 2 heterocycles. The minimum atomic E-state index is 0.474. The van der Waals surface area contributed by atoms with Crippen molar-refractivity contribution < 1.29 is 0 Å². The van der Waals surface area contributed by atoms with Crippen LogP contribution in [0.1, 0.15) is 16.5 Å². The average molecular weight is 259 g/mol. The van der Waals surface area contributed by atoms with E-state index in [1.54, 1.807) is 11.3 Å². The first-order chi connectivity index (χ1) is 8.93. The molecule has 0 saturated carbocycles. The van der Waals surface area contributed by atoms with Crippen molar-refractivity contribution in [3.8, 4) is 0 Å². The molecule has 4 heteroatoms. The van der Waals surface area contributed by atoms with E-state index in [4.69, 9.17) is 0 Å². The number of hydrogen-bond acceptors (Lipinski definition) is 4. The van der Waals surface area contributed by atoms with Crippen molar-refractivity contribution in [2.45, 2.75) is 12.6 Å². The maximum Gasteiger partial charge on any atom is 0.0794 e. The van der Waals surface area contributed by atoms with E-state index in [2.05, 4.69) is 45.5 Å². The van der Waals surface area contributed by atoms with Crippen molar-refractivity contribution >= 4 is 11.3 Å². The highest BCUT2D eigenvalue weighted by atomic mass is 32.1. The predicted molar refractivity (Wildman–Crippen MR) is 74.6 cm³/mol. The molecule has 1 aromatic carbocycles. The highest BCUT2D eigenvalue weighted by Crippen LogP contribution is 2.24. The van der Waals surface area contributed by atoms with E-state index in [1.165, 1.54) is 10.4 Å². The molecule has 0 spiro atoms. The Morgan fingerprint density at radius 3 is 3.00 bits per heavy atom. The summed E-state index contributed by atoms with van der Waals surface area (Å²) in [4.78, 5) is 8.05. The number of rotatable bonds is 3. The van der Waals surface area contributed by atoms with Crippen molar-refractivity contribution in [2.24, 2.45) is 0 Å². The molecule has 1 atom stereocenters. The van der Waals surface area contributed by atoms with Crippen LogP contribution in [0.2, 0.25) is 0 Å². The molecule has 2 aromatic rings. The van der Waals surface area contributed by atoms with Gasteiger partial charge >= 0.3 is 0 Å². The van der Waals surface area contributed by atoms with E-state index in [1.807, 2.05) is 11.7 Å². The summed E-state index contributed by atoms with van der Waals surface area (Å²) in [7, 11) is 0. The molecule has 3 nitrogen and oxygen atoms in total. The Bertz CT molecular complexity index is 469. The third-order valence-electron chi connectivity index (χ3n) is 3.38. The molecule has 0 unspecified atom stereocenters. The zero-order valence-electron chi connectivity index (χ0n) is 10.2. The topological polar surface area (TPSA) is 28.2 Å². The fourth-order valence-electron chi connectivity index (χ4n) is 2.46. The van der Waals surface area contributed by atoms with E-state index < -0.39 is 0 Å². The molecule has 1 aliphatic heterocycles. The quantitative estimate of drug-likeness (QED) is 0.916. The summed E-state index contributed by atoms with van der Waals surface area (Å²) in [6.45, 7) is 4.20. The van der Waals surface area contributed by atoms with Crippen LogP contribution in [-0.4, -0.2) is 29.5 Å². The van der Waals surface area contributed by atoms with Gasteiger partial charge in [-0.1, -0.05) is 30.3 Å². The van der Waals surface area contributed by atoms with Gasteiger partial charge in [0.1, 0.15) is 0 Å². The maximum atomic E-state index is 4.16. The van der Waals surface area contributed by atoms with Gasteiger partial charge in [-0.15, -0.1) is 11.3 Å². The van der Waals surface area contributed by atoms with Crippen molar-refractivity contribution in [3.05, 3.63) is 52.5 Å². The second-order valence-electron chi connectivity index (χ2n) is 4.57. The van der Waals surface area contributed by atoms with Crippen LogP contribution in [0.3, 0.4) is 0 Å². The molecule has 1 aromatic heterocycles. The fraction of sp³-hybridized carbons (Fsp3) is 0.357. The van der Waals surface area contributed by atoms with Gasteiger partial charge in [0.25, 0.3) is 0 Å². The first-order valence-electron chi connectivity index (χ1n) is 6.30. The predicted octanol–water partition coefficient (Wildman–Crippen LogP) is 2.29. The number of nitrogens with one attached hydrogen (secondary N) is 1. The standard InChI is InChI=1S/C14H17N3S/c1-2-4-12(5-3-1)14-9-15-6-7-17(14)10-13-8-16-11-18-13/h1-5,8,11,14-15H,6-7,9-10H2/t14-/m1/s1. The smallest absolute Gasteiger partial charge is 0.0794 e. The van der Waals surface area contributed by atoms with Gasteiger partial charge in [0, 0.05) is 43.3 Å². The lowest BCUT2D eigenvalue weighted by Gasteiger charge is -2.36. The molecule has 0 amide bonds. The van der Waals surface area contributed by atoms with Crippen molar-refractivity contribution in [1.29, 1.82) is 0 Å². The molecular formula is C14H17N3S. The molecule has 94 valence electrons. The second-order valence-corrected chi connectivity index (χ2v) is 5.54. The molecule has 3 rings (SSSR count). The van der Waals surface area contributed by atoms with Crippen LogP contribution < -0.4 is 5.32 Å². The SMILES string of the molecule is c1ccc([C@H]2CNCCN2Cc2cncs2)cc1. The van der Waals surface area contributed by atoms with Crippen LogP contribution in [0.4, 0.5) is 0 Å². The molecule has 18 heavy (non-hydrogen) atoms. The van der Waals surface area contributed by atoms with Gasteiger partial charge in [-0.25, -0.2) is 0 Å². The highest BCUT2D eigenvalue weighted by molar-refractivity contribution is 7.09. The summed E-state index contributed by atoms with van der Waals surface area (Å²) in [5, 5.41) is 3.49. The van der Waals surface area contributed by atoms with Gasteiger partial charge in [0.15, 0.2) is 0 Å². The summed E-state index contributed by atoms with van der Waals surface area (Å²) in [6.07, 6.45) is 1.98. The van der Waals surface area contributed by atoms with E-state index in [9.17, 15) is 0 Å². The fourth-order valence-corrected chi connectivity index (χ4v) is 3.08. The average Bonchev–Trinajstić information content (AvgIpc) is 2.93. The second kappa shape index (κ2) is 5.61. The minimum Gasteiger partial charge on any atom is -0.314 e. The van der Waals surface area contributed by atoms with Gasteiger partial charge in [-0.3, -0.25) is 9.88 Å². The van der Waals surface area contributed by atoms with E-state index in [0.717, 1.165) is 26.2 Å². The summed E-state index contributed by atoms with van der Waals surface area (Å²) >= 11 is 1.74. The lowest BCUT2D eigenvalue weighted by atomic mass is 10.0. The number of thiazole rings is 1. The number of hydrogen-bond donors (Lipinski definition) is 1. The van der Waals surface area contributed by atoms with Gasteiger partial charge < -0.3 is 5.32 Å². The Hall–Kier alpha value is -1.23. The molecule has 0 radical (unpaired) electrons. The zero-order chi connectivity index (χ0) is 12.2. The van der Waals surface area contributed by atoms with Crippen molar-refractivity contribution in [2.75, 3.05) is 19.6 Å². The summed E-state index contributed by atoms with van der Waals surface area (Å²) in [5.41, 5.74) is 3.31. The Balaban J connectivity index is 1.78. The van der Waals surface area contributed by atoms with Crippen LogP contribution in [0.25, 0.3) is 0 Å². The Kier molecular flexibility index (Phi) is 3.69. The first-order valence-corrected chi connectivity index (χ1v) is 7.18. The number of nitrogens with zero attached hydrogens (tertiary/aromatic N) is 2. The van der Waals surface area contributed by atoms with E-state index in [0.29, 0.717) is 6.04 Å². The van der Waals surface area contributed by atoms with E-state index in [-0.39, 0.29) is 0 Å². The minimum absolute atomic E-state index is 0.474. The molecule has 1 saturated heterocycles. The Morgan fingerprint density at radius 1 is 1.33 bits per heavy atom. The van der Waals surface area contributed by atoms with Crippen molar-refractivity contribution in [3.63, 3.8) is 0 Å². The van der Waals surface area contributed by atoms with Crippen LogP contribution in [0, 0.1) is 0 Å². The highest BCUT2D eigenvalue weighted by Gasteiger charge is 2.23. The first kappa shape index (κ1) is 11.8. The zero-order valence-corrected chi connectivity index (χ0v) is 11.1. The van der Waals surface area contributed by atoms with Crippen LogP contribution >= 0.6 is 11.3 Å². The number of benzene rings is 1. The molecule has 0 aliphatic carbocycles. The number of aromatic nitrogens is 1. The summed E-state index contributed by atoms with van der Waals surface area (Å²) < 4.78 is 0. The van der Waals surface area contributed by atoms with Crippen LogP contribution in [0.15, 0.2) is 42.0 Å². The largest absolute Gasteiger partial charge is 0.314 e. The monoisotopic (exact) mass is 259 g/mol. The van der Waals surface area contributed by atoms with Gasteiger partial charge in [0.05, 0.1) is 5.51 Å². The lowest BCUT2D eigenvalue weighted by molar-refractivity contribution is 0.155. The van der Waals surface area contributed by atoms with Gasteiger partial charge in [-0.05, 0) is 5.56 Å². The lowest BCUT2D eigenvalue weighted by Crippen LogP contribution is -2.45. The molecular weight excluding hydrogens is 242 g/mol. The normalized spacial score (nSPS) is 21.0. The Labute approximate surface area is 111 Å². The van der Waals surface area contributed by atoms with Crippen molar-refractivity contribution in [1.82, 2.24) is 15.2 Å². The number of piperazine rings is 1. The van der Waals surface area contributed by atoms with Gasteiger partial charge in [-0.2, -0.15) is 0 Å². The third kappa shape index (κ3) is 2.61. The van der Waals surface area contributed by atoms with E-state index >= 15 is 0 Å². The van der Waals surface area contributed by atoms with Crippen LogP contribution in [-0.2, 0) is 6.54 Å².